The summed E-state index contributed by atoms with van der Waals surface area (Å²) in [4.78, 5) is 17.7. The molecular formula is C18H21FN4O. The van der Waals surface area contributed by atoms with E-state index in [1.54, 1.807) is 12.3 Å². The summed E-state index contributed by atoms with van der Waals surface area (Å²) in [7, 11) is 0. The molecule has 2 heterocycles. The normalized spacial score (nSPS) is 17.5. The summed E-state index contributed by atoms with van der Waals surface area (Å²) in [6, 6.07) is 10.9. The standard InChI is InChI=1S/C18H21FN4O/c19-15-7-3-9-21-18(15)22-11-13-5-1-2-8-16(13)23-10-4-6-14(12-23)17(20)24/h1-3,5,7-9,14H,4,6,10-12H2,(H2,20,24)(H,21,22)/t14-/m1/s1. The van der Waals surface area contributed by atoms with E-state index in [1.165, 1.54) is 6.07 Å². The minimum atomic E-state index is -0.373. The summed E-state index contributed by atoms with van der Waals surface area (Å²) in [5, 5.41) is 3.04. The largest absolute Gasteiger partial charge is 0.370 e. The van der Waals surface area contributed by atoms with Crippen LogP contribution in [0, 0.1) is 11.7 Å². The molecule has 0 unspecified atom stereocenters. The van der Waals surface area contributed by atoms with Gasteiger partial charge in [-0.3, -0.25) is 4.79 Å². The minimum absolute atomic E-state index is 0.118. The van der Waals surface area contributed by atoms with Crippen molar-refractivity contribution in [1.82, 2.24) is 4.98 Å². The van der Waals surface area contributed by atoms with Crippen molar-refractivity contribution in [3.8, 4) is 0 Å². The number of primary amides is 1. The molecule has 0 saturated carbocycles. The molecule has 1 fully saturated rings. The van der Waals surface area contributed by atoms with Crippen LogP contribution < -0.4 is 16.0 Å². The quantitative estimate of drug-likeness (QED) is 0.885. The SMILES string of the molecule is NC(=O)[C@@H]1CCCN(c2ccccc2CNc2ncccc2F)C1. The monoisotopic (exact) mass is 328 g/mol. The fraction of sp³-hybridized carbons (Fsp3) is 0.333. The van der Waals surface area contributed by atoms with Crippen molar-refractivity contribution >= 4 is 17.4 Å². The van der Waals surface area contributed by atoms with Gasteiger partial charge in [-0.25, -0.2) is 9.37 Å². The number of carbonyl (C=O) groups is 1. The Labute approximate surface area is 140 Å². The van der Waals surface area contributed by atoms with Crippen molar-refractivity contribution in [3.63, 3.8) is 0 Å². The number of rotatable bonds is 5. The van der Waals surface area contributed by atoms with Gasteiger partial charge in [0.25, 0.3) is 0 Å². The first-order valence-electron chi connectivity index (χ1n) is 8.11. The molecule has 1 atom stereocenters. The van der Waals surface area contributed by atoms with Gasteiger partial charge >= 0.3 is 0 Å². The van der Waals surface area contributed by atoms with E-state index in [2.05, 4.69) is 15.2 Å². The van der Waals surface area contributed by atoms with Gasteiger partial charge in [-0.15, -0.1) is 0 Å². The smallest absolute Gasteiger partial charge is 0.222 e. The molecule has 1 aromatic heterocycles. The molecular weight excluding hydrogens is 307 g/mol. The lowest BCUT2D eigenvalue weighted by Crippen LogP contribution is -2.41. The zero-order valence-corrected chi connectivity index (χ0v) is 13.4. The number of aromatic nitrogens is 1. The number of anilines is 2. The Morgan fingerprint density at radius 1 is 1.33 bits per heavy atom. The summed E-state index contributed by atoms with van der Waals surface area (Å²) in [5.41, 5.74) is 7.55. The summed E-state index contributed by atoms with van der Waals surface area (Å²) in [6.07, 6.45) is 3.33. The van der Waals surface area contributed by atoms with Gasteiger partial charge in [0.1, 0.15) is 0 Å². The van der Waals surface area contributed by atoms with E-state index in [9.17, 15) is 9.18 Å². The van der Waals surface area contributed by atoms with Crippen LogP contribution in [0.1, 0.15) is 18.4 Å². The maximum Gasteiger partial charge on any atom is 0.222 e. The molecule has 2 aromatic rings. The lowest BCUT2D eigenvalue weighted by Gasteiger charge is -2.34. The molecule has 24 heavy (non-hydrogen) atoms. The van der Waals surface area contributed by atoms with Gasteiger partial charge in [0.2, 0.25) is 5.91 Å². The van der Waals surface area contributed by atoms with Gasteiger partial charge in [0, 0.05) is 31.5 Å². The van der Waals surface area contributed by atoms with E-state index in [4.69, 9.17) is 5.73 Å². The molecule has 0 aliphatic carbocycles. The first-order chi connectivity index (χ1) is 11.6. The number of halogens is 1. The number of piperidine rings is 1. The second-order valence-corrected chi connectivity index (χ2v) is 6.00. The van der Waals surface area contributed by atoms with Crippen molar-refractivity contribution in [2.24, 2.45) is 11.7 Å². The number of amides is 1. The molecule has 0 bridgehead atoms. The highest BCUT2D eigenvalue weighted by atomic mass is 19.1. The van der Waals surface area contributed by atoms with E-state index >= 15 is 0 Å². The number of hydrogen-bond donors (Lipinski definition) is 2. The third-order valence-corrected chi connectivity index (χ3v) is 4.36. The number of nitrogens with zero attached hydrogens (tertiary/aromatic N) is 2. The van der Waals surface area contributed by atoms with Crippen LogP contribution in [0.3, 0.4) is 0 Å². The van der Waals surface area contributed by atoms with Gasteiger partial charge in [-0.05, 0) is 36.6 Å². The second kappa shape index (κ2) is 7.29. The maximum atomic E-state index is 13.7. The van der Waals surface area contributed by atoms with Crippen LogP contribution in [0.2, 0.25) is 0 Å². The Morgan fingerprint density at radius 2 is 2.17 bits per heavy atom. The average Bonchev–Trinajstić information content (AvgIpc) is 2.61. The predicted molar refractivity (Wildman–Crippen MR) is 92.1 cm³/mol. The molecule has 0 spiro atoms. The lowest BCUT2D eigenvalue weighted by atomic mass is 9.96. The van der Waals surface area contributed by atoms with E-state index in [-0.39, 0.29) is 23.5 Å². The molecule has 3 N–H and O–H groups in total. The minimum Gasteiger partial charge on any atom is -0.370 e. The summed E-state index contributed by atoms with van der Waals surface area (Å²) < 4.78 is 13.7. The predicted octanol–water partition coefficient (Wildman–Crippen LogP) is 2.53. The Hall–Kier alpha value is -2.63. The van der Waals surface area contributed by atoms with E-state index in [0.717, 1.165) is 30.6 Å². The van der Waals surface area contributed by atoms with Gasteiger partial charge in [0.05, 0.1) is 5.92 Å². The Bertz CT molecular complexity index is 722. The highest BCUT2D eigenvalue weighted by Crippen LogP contribution is 2.27. The summed E-state index contributed by atoms with van der Waals surface area (Å²) in [6.45, 7) is 1.98. The molecule has 6 heteroatoms. The number of nitrogens with two attached hydrogens (primary N) is 1. The van der Waals surface area contributed by atoms with E-state index in [1.807, 2.05) is 24.3 Å². The fourth-order valence-corrected chi connectivity index (χ4v) is 3.09. The molecule has 5 nitrogen and oxygen atoms in total. The van der Waals surface area contributed by atoms with Gasteiger partial charge in [-0.1, -0.05) is 18.2 Å². The molecule has 126 valence electrons. The van der Waals surface area contributed by atoms with E-state index < -0.39 is 0 Å². The van der Waals surface area contributed by atoms with Crippen molar-refractivity contribution in [1.29, 1.82) is 0 Å². The topological polar surface area (TPSA) is 71.2 Å². The van der Waals surface area contributed by atoms with Crippen LogP contribution in [0.5, 0.6) is 0 Å². The van der Waals surface area contributed by atoms with Crippen LogP contribution in [0.15, 0.2) is 42.6 Å². The number of hydrogen-bond acceptors (Lipinski definition) is 4. The van der Waals surface area contributed by atoms with Crippen LogP contribution in [-0.4, -0.2) is 24.0 Å². The molecule has 1 amide bonds. The third-order valence-electron chi connectivity index (χ3n) is 4.36. The average molecular weight is 328 g/mol. The van der Waals surface area contributed by atoms with Gasteiger partial charge in [0.15, 0.2) is 11.6 Å². The molecule has 1 saturated heterocycles. The Balaban J connectivity index is 1.75. The van der Waals surface area contributed by atoms with Gasteiger partial charge in [-0.2, -0.15) is 0 Å². The zero-order valence-electron chi connectivity index (χ0n) is 13.4. The van der Waals surface area contributed by atoms with Crippen molar-refractivity contribution in [2.45, 2.75) is 19.4 Å². The maximum absolute atomic E-state index is 13.7. The highest BCUT2D eigenvalue weighted by molar-refractivity contribution is 5.77. The fourth-order valence-electron chi connectivity index (χ4n) is 3.09. The van der Waals surface area contributed by atoms with Crippen molar-refractivity contribution in [2.75, 3.05) is 23.3 Å². The lowest BCUT2D eigenvalue weighted by molar-refractivity contribution is -0.122. The third kappa shape index (κ3) is 3.64. The van der Waals surface area contributed by atoms with E-state index in [0.29, 0.717) is 13.1 Å². The summed E-state index contributed by atoms with van der Waals surface area (Å²) in [5.74, 6) is -0.499. The second-order valence-electron chi connectivity index (χ2n) is 6.00. The van der Waals surface area contributed by atoms with Crippen LogP contribution in [-0.2, 0) is 11.3 Å². The molecule has 1 aromatic carbocycles. The summed E-state index contributed by atoms with van der Waals surface area (Å²) >= 11 is 0. The Morgan fingerprint density at radius 3 is 2.96 bits per heavy atom. The molecule has 3 rings (SSSR count). The van der Waals surface area contributed by atoms with Crippen LogP contribution in [0.25, 0.3) is 0 Å². The zero-order chi connectivity index (χ0) is 16.9. The molecule has 1 aliphatic rings. The number of carbonyl (C=O) groups excluding carboxylic acids is 1. The van der Waals surface area contributed by atoms with Crippen LogP contribution in [0.4, 0.5) is 15.9 Å². The Kier molecular flexibility index (Phi) is 4.93. The molecule has 1 aliphatic heterocycles. The van der Waals surface area contributed by atoms with Crippen molar-refractivity contribution in [3.05, 3.63) is 54.0 Å². The first-order valence-corrected chi connectivity index (χ1v) is 8.11. The first kappa shape index (κ1) is 16.2. The number of nitrogens with one attached hydrogen (secondary N) is 1. The number of benzene rings is 1. The van der Waals surface area contributed by atoms with Crippen LogP contribution >= 0.6 is 0 Å². The molecule has 0 radical (unpaired) electrons. The van der Waals surface area contributed by atoms with Crippen molar-refractivity contribution < 1.29 is 9.18 Å². The number of pyridine rings is 1. The number of para-hydroxylation sites is 1. The van der Waals surface area contributed by atoms with Gasteiger partial charge < -0.3 is 16.0 Å². The highest BCUT2D eigenvalue weighted by Gasteiger charge is 2.25.